The molecule has 0 aromatic carbocycles. The minimum atomic E-state index is -5.02. The highest BCUT2D eigenvalue weighted by atomic mass is 31.2. The van der Waals surface area contributed by atoms with Gasteiger partial charge in [0.25, 0.3) is 0 Å². The predicted octanol–water partition coefficient (Wildman–Crippen LogP) is -4.62. The van der Waals surface area contributed by atoms with Gasteiger partial charge in [-0.25, -0.2) is 9.36 Å². The van der Waals surface area contributed by atoms with E-state index in [0.29, 0.717) is 0 Å². The maximum atomic E-state index is 12.2. The standard InChI is InChI=1S/C15H24N3O13P/c16-7-1-2-18(15(25)17-7)13-11(23)9(21)6(29-13)4-28-32(26,27)31-14-12(24)10(22)8(20)5(3-19)30-14/h1-2,5-6,8-14,19-24H,3-4H2,(H,26,27)(H2,16,17,25)/t5-,6-,8+,9-,10+,11-,12-,13-,14+/m1/s1. The summed E-state index contributed by atoms with van der Waals surface area (Å²) < 4.78 is 32.8. The Morgan fingerprint density at radius 2 is 1.72 bits per heavy atom. The molecule has 0 radical (unpaired) electrons. The molecular weight excluding hydrogens is 461 g/mol. The number of phosphoric acid groups is 1. The van der Waals surface area contributed by atoms with Gasteiger partial charge in [0.1, 0.15) is 48.5 Å². The van der Waals surface area contributed by atoms with Gasteiger partial charge in [-0.1, -0.05) is 0 Å². The zero-order valence-corrected chi connectivity index (χ0v) is 17.2. The maximum absolute atomic E-state index is 12.2. The van der Waals surface area contributed by atoms with E-state index in [1.54, 1.807) is 0 Å². The molecule has 2 aliphatic rings. The molecule has 0 amide bonds. The van der Waals surface area contributed by atoms with Crippen LogP contribution in [0.1, 0.15) is 6.23 Å². The smallest absolute Gasteiger partial charge is 0.394 e. The Kier molecular flexibility index (Phi) is 7.66. The van der Waals surface area contributed by atoms with E-state index >= 15 is 0 Å². The molecule has 2 fully saturated rings. The number of nitrogen functional groups attached to an aromatic ring is 1. The summed E-state index contributed by atoms with van der Waals surface area (Å²) in [5.41, 5.74) is 4.52. The Labute approximate surface area is 179 Å². The number of nitrogens with two attached hydrogens (primary N) is 1. The van der Waals surface area contributed by atoms with Crippen molar-refractivity contribution in [3.63, 3.8) is 0 Å². The Morgan fingerprint density at radius 3 is 2.34 bits per heavy atom. The highest BCUT2D eigenvalue weighted by Gasteiger charge is 2.48. The summed E-state index contributed by atoms with van der Waals surface area (Å²) >= 11 is 0. The van der Waals surface area contributed by atoms with Crippen molar-refractivity contribution in [3.05, 3.63) is 22.7 Å². The van der Waals surface area contributed by atoms with Gasteiger partial charge in [0.15, 0.2) is 12.5 Å². The molecule has 2 saturated heterocycles. The van der Waals surface area contributed by atoms with Gasteiger partial charge in [-0.3, -0.25) is 13.6 Å². The van der Waals surface area contributed by atoms with Crippen LogP contribution in [0.3, 0.4) is 0 Å². The lowest BCUT2D eigenvalue weighted by atomic mass is 10.00. The second kappa shape index (κ2) is 9.76. The Morgan fingerprint density at radius 1 is 1.06 bits per heavy atom. The third kappa shape index (κ3) is 5.17. The van der Waals surface area contributed by atoms with Crippen molar-refractivity contribution in [1.82, 2.24) is 9.55 Å². The quantitative estimate of drug-likeness (QED) is 0.169. The van der Waals surface area contributed by atoms with Crippen LogP contribution in [-0.2, 0) is 23.1 Å². The number of anilines is 1. The summed E-state index contributed by atoms with van der Waals surface area (Å²) in [6.07, 6.45) is -13.7. The topological polar surface area (TPSA) is 257 Å². The Hall–Kier alpha value is -1.53. The number of phosphoric ester groups is 1. The van der Waals surface area contributed by atoms with Crippen LogP contribution >= 0.6 is 7.82 Å². The molecule has 10 atom stereocenters. The lowest BCUT2D eigenvalue weighted by molar-refractivity contribution is -0.281. The largest absolute Gasteiger partial charge is 0.474 e. The van der Waals surface area contributed by atoms with Crippen LogP contribution in [0.5, 0.6) is 0 Å². The molecule has 1 aromatic rings. The molecule has 32 heavy (non-hydrogen) atoms. The molecular formula is C15H24N3O13P. The number of hydrogen-bond acceptors (Lipinski definition) is 14. The van der Waals surface area contributed by atoms with E-state index in [1.807, 2.05) is 0 Å². The van der Waals surface area contributed by atoms with Gasteiger partial charge in [-0.05, 0) is 6.07 Å². The van der Waals surface area contributed by atoms with Crippen LogP contribution < -0.4 is 11.4 Å². The highest BCUT2D eigenvalue weighted by molar-refractivity contribution is 7.47. The third-order valence-electron chi connectivity index (χ3n) is 4.95. The first-order valence-corrected chi connectivity index (χ1v) is 10.8. The van der Waals surface area contributed by atoms with Gasteiger partial charge in [0, 0.05) is 6.20 Å². The van der Waals surface area contributed by atoms with Crippen molar-refractivity contribution >= 4 is 13.6 Å². The molecule has 182 valence electrons. The first-order valence-electron chi connectivity index (χ1n) is 9.27. The number of aromatic nitrogens is 2. The summed E-state index contributed by atoms with van der Waals surface area (Å²) in [5.74, 6) is -0.0780. The van der Waals surface area contributed by atoms with Gasteiger partial charge in [0.05, 0.1) is 13.2 Å². The number of rotatable bonds is 7. The van der Waals surface area contributed by atoms with Crippen molar-refractivity contribution in [2.75, 3.05) is 18.9 Å². The zero-order valence-electron chi connectivity index (χ0n) is 16.3. The van der Waals surface area contributed by atoms with Crippen molar-refractivity contribution in [2.45, 2.75) is 55.2 Å². The highest BCUT2D eigenvalue weighted by Crippen LogP contribution is 2.47. The van der Waals surface area contributed by atoms with E-state index in [4.69, 9.17) is 24.8 Å². The summed E-state index contributed by atoms with van der Waals surface area (Å²) in [5, 5.41) is 58.7. The van der Waals surface area contributed by atoms with Crippen molar-refractivity contribution in [3.8, 4) is 0 Å². The van der Waals surface area contributed by atoms with Gasteiger partial charge in [0.2, 0.25) is 0 Å². The minimum Gasteiger partial charge on any atom is -0.394 e. The molecule has 2 aliphatic heterocycles. The van der Waals surface area contributed by atoms with Gasteiger partial charge in [-0.2, -0.15) is 4.98 Å². The summed E-state index contributed by atoms with van der Waals surface area (Å²) in [4.78, 5) is 25.3. The second-order valence-corrected chi connectivity index (χ2v) is 8.56. The van der Waals surface area contributed by atoms with Crippen molar-refractivity contribution in [1.29, 1.82) is 0 Å². The van der Waals surface area contributed by atoms with Crippen molar-refractivity contribution < 1.29 is 58.6 Å². The van der Waals surface area contributed by atoms with E-state index in [0.717, 1.165) is 4.57 Å². The van der Waals surface area contributed by atoms with Crippen LogP contribution in [-0.4, -0.2) is 107 Å². The summed E-state index contributed by atoms with van der Waals surface area (Å²) in [6, 6.07) is 1.25. The van der Waals surface area contributed by atoms with E-state index in [1.165, 1.54) is 12.3 Å². The molecule has 17 heteroatoms. The average molecular weight is 485 g/mol. The fraction of sp³-hybridized carbons (Fsp3) is 0.733. The van der Waals surface area contributed by atoms with Crippen LogP contribution in [0, 0.1) is 0 Å². The molecule has 3 heterocycles. The van der Waals surface area contributed by atoms with E-state index in [9.17, 15) is 39.8 Å². The maximum Gasteiger partial charge on any atom is 0.474 e. The van der Waals surface area contributed by atoms with E-state index in [2.05, 4.69) is 9.51 Å². The van der Waals surface area contributed by atoms with E-state index < -0.39 is 82.0 Å². The van der Waals surface area contributed by atoms with Gasteiger partial charge < -0.3 is 50.7 Å². The first-order chi connectivity index (χ1) is 14.9. The summed E-state index contributed by atoms with van der Waals surface area (Å²) in [6.45, 7) is -1.60. The van der Waals surface area contributed by atoms with Crippen molar-refractivity contribution in [2.24, 2.45) is 0 Å². The van der Waals surface area contributed by atoms with Crippen LogP contribution in [0.4, 0.5) is 5.82 Å². The second-order valence-electron chi connectivity index (χ2n) is 7.16. The number of aliphatic hydroxyl groups is 6. The molecule has 1 aromatic heterocycles. The first kappa shape index (κ1) is 25.1. The molecule has 0 bridgehead atoms. The number of hydrogen-bond donors (Lipinski definition) is 8. The monoisotopic (exact) mass is 485 g/mol. The molecule has 1 unspecified atom stereocenters. The number of ether oxygens (including phenoxy) is 2. The summed E-state index contributed by atoms with van der Waals surface area (Å²) in [7, 11) is -5.02. The SMILES string of the molecule is Nc1ccn([C@@H]2O[C@H](COP(=O)(O)O[C@@H]3O[C@H](CO)[C@H](O)[C@H](O)[C@H]3O)[C@@H](O)[C@H]2O)c(=O)n1. The minimum absolute atomic E-state index is 0.0780. The molecule has 3 rings (SSSR count). The Balaban J connectivity index is 1.62. The zero-order chi connectivity index (χ0) is 23.8. The molecule has 0 saturated carbocycles. The molecule has 0 spiro atoms. The molecule has 9 N–H and O–H groups in total. The predicted molar refractivity (Wildman–Crippen MR) is 99.5 cm³/mol. The number of nitrogens with zero attached hydrogens (tertiary/aromatic N) is 2. The molecule has 0 aliphatic carbocycles. The fourth-order valence-electron chi connectivity index (χ4n) is 3.20. The van der Waals surface area contributed by atoms with Crippen LogP contribution in [0.2, 0.25) is 0 Å². The average Bonchev–Trinajstić information content (AvgIpc) is 3.01. The lowest BCUT2D eigenvalue weighted by Gasteiger charge is -2.39. The van der Waals surface area contributed by atoms with Gasteiger partial charge >= 0.3 is 13.5 Å². The van der Waals surface area contributed by atoms with E-state index in [-0.39, 0.29) is 5.82 Å². The normalized spacial score (nSPS) is 39.7. The van der Waals surface area contributed by atoms with Crippen LogP contribution in [0.15, 0.2) is 17.1 Å². The molecule has 16 nitrogen and oxygen atoms in total. The van der Waals surface area contributed by atoms with Gasteiger partial charge in [-0.15, -0.1) is 0 Å². The Bertz CT molecular complexity index is 900. The van der Waals surface area contributed by atoms with Crippen LogP contribution in [0.25, 0.3) is 0 Å². The number of aliphatic hydroxyl groups excluding tert-OH is 6. The lowest BCUT2D eigenvalue weighted by Crippen LogP contribution is -2.58. The third-order valence-corrected chi connectivity index (χ3v) is 5.90. The fourth-order valence-corrected chi connectivity index (χ4v) is 4.03.